The summed E-state index contributed by atoms with van der Waals surface area (Å²) in [5.41, 5.74) is -0.717. The molecule has 0 bridgehead atoms. The lowest BCUT2D eigenvalue weighted by Crippen LogP contribution is -2.47. The lowest BCUT2D eigenvalue weighted by atomic mass is 10.1. The smallest absolute Gasteiger partial charge is 0.392 e. The van der Waals surface area contributed by atoms with E-state index in [0.29, 0.717) is 0 Å². The third-order valence-electron chi connectivity index (χ3n) is 3.53. The fourth-order valence-electron chi connectivity index (χ4n) is 2.52. The lowest BCUT2D eigenvalue weighted by Gasteiger charge is -2.36. The van der Waals surface area contributed by atoms with E-state index in [2.05, 4.69) is 0 Å². The molecule has 0 radical (unpaired) electrons. The van der Waals surface area contributed by atoms with E-state index >= 15 is 0 Å². The molecule has 1 aliphatic rings. The van der Waals surface area contributed by atoms with E-state index in [-0.39, 0.29) is 29.3 Å². The van der Waals surface area contributed by atoms with Crippen molar-refractivity contribution in [1.82, 2.24) is 0 Å². The van der Waals surface area contributed by atoms with Gasteiger partial charge in [0.05, 0.1) is 23.7 Å². The minimum atomic E-state index is -4.56. The molecule has 1 aromatic carbocycles. The molecule has 1 unspecified atom stereocenters. The Morgan fingerprint density at radius 3 is 2.57 bits per heavy atom. The number of sulfone groups is 1. The molecule has 0 aromatic heterocycles. The number of hydrogen-bond donors (Lipinski definition) is 1. The minimum absolute atomic E-state index is 0.0328. The quantitative estimate of drug-likeness (QED) is 0.902. The van der Waals surface area contributed by atoms with Crippen molar-refractivity contribution in [2.45, 2.75) is 25.7 Å². The average Bonchev–Trinajstić information content (AvgIpc) is 2.36. The first-order chi connectivity index (χ1) is 9.64. The molecule has 4 nitrogen and oxygen atoms in total. The molecule has 1 N–H and O–H groups in total. The van der Waals surface area contributed by atoms with Gasteiger partial charge in [-0.25, -0.2) is 8.42 Å². The molecule has 0 saturated carbocycles. The maximum Gasteiger partial charge on any atom is 0.418 e. The van der Waals surface area contributed by atoms with E-state index in [1.807, 2.05) is 0 Å². The first kappa shape index (κ1) is 16.1. The monoisotopic (exact) mass is 323 g/mol. The number of halogens is 3. The van der Waals surface area contributed by atoms with E-state index < -0.39 is 34.2 Å². The van der Waals surface area contributed by atoms with Crippen LogP contribution >= 0.6 is 0 Å². The van der Waals surface area contributed by atoms with E-state index in [1.54, 1.807) is 6.92 Å². The SMILES string of the molecule is CC1CS(=O)(=O)CCN1c1ccc(CO)cc1C(F)(F)F. The highest BCUT2D eigenvalue weighted by atomic mass is 32.2. The summed E-state index contributed by atoms with van der Waals surface area (Å²) in [7, 11) is -3.20. The summed E-state index contributed by atoms with van der Waals surface area (Å²) in [5, 5.41) is 8.99. The zero-order valence-corrected chi connectivity index (χ0v) is 12.2. The second kappa shape index (κ2) is 5.49. The van der Waals surface area contributed by atoms with E-state index in [9.17, 15) is 21.6 Å². The van der Waals surface area contributed by atoms with Gasteiger partial charge in [0.25, 0.3) is 0 Å². The van der Waals surface area contributed by atoms with Crippen LogP contribution in [0.1, 0.15) is 18.1 Å². The molecule has 2 rings (SSSR count). The molecular formula is C13H16F3NO3S. The van der Waals surface area contributed by atoms with Gasteiger partial charge in [-0.05, 0) is 24.6 Å². The van der Waals surface area contributed by atoms with Crippen LogP contribution in [0.3, 0.4) is 0 Å². The molecule has 0 aliphatic carbocycles. The summed E-state index contributed by atoms with van der Waals surface area (Å²) in [4.78, 5) is 1.46. The van der Waals surface area contributed by atoms with Gasteiger partial charge in [0.1, 0.15) is 0 Å². The van der Waals surface area contributed by atoms with Crippen LogP contribution in [0, 0.1) is 0 Å². The van der Waals surface area contributed by atoms with Crippen LogP contribution in [0.2, 0.25) is 0 Å². The highest BCUT2D eigenvalue weighted by molar-refractivity contribution is 7.91. The predicted octanol–water partition coefficient (Wildman–Crippen LogP) is 1.82. The number of aliphatic hydroxyl groups excluding tert-OH is 1. The second-order valence-electron chi connectivity index (χ2n) is 5.16. The zero-order chi connectivity index (χ0) is 15.8. The van der Waals surface area contributed by atoms with Gasteiger partial charge in [-0.2, -0.15) is 13.2 Å². The Bertz CT molecular complexity index is 628. The van der Waals surface area contributed by atoms with Crippen molar-refractivity contribution >= 4 is 15.5 Å². The zero-order valence-electron chi connectivity index (χ0n) is 11.4. The molecule has 21 heavy (non-hydrogen) atoms. The van der Waals surface area contributed by atoms with Gasteiger partial charge in [0, 0.05) is 18.3 Å². The molecule has 1 atom stereocenters. The topological polar surface area (TPSA) is 57.6 Å². The maximum absolute atomic E-state index is 13.2. The number of rotatable bonds is 2. The normalized spacial score (nSPS) is 22.3. The Balaban J connectivity index is 2.44. The molecule has 8 heteroatoms. The molecule has 1 aliphatic heterocycles. The van der Waals surface area contributed by atoms with Crippen molar-refractivity contribution in [3.8, 4) is 0 Å². The predicted molar refractivity (Wildman–Crippen MR) is 72.8 cm³/mol. The standard InChI is InChI=1S/C13H16F3NO3S/c1-9-8-21(19,20)5-4-17(9)12-3-2-10(7-18)6-11(12)13(14,15)16/h2-3,6,9,18H,4-5,7-8H2,1H3. The summed E-state index contributed by atoms with van der Waals surface area (Å²) in [6.45, 7) is 1.15. The number of alkyl halides is 3. The van der Waals surface area contributed by atoms with Gasteiger partial charge >= 0.3 is 6.18 Å². The van der Waals surface area contributed by atoms with Crippen LogP contribution in [0.25, 0.3) is 0 Å². The molecule has 0 amide bonds. The number of benzene rings is 1. The molecule has 1 heterocycles. The molecule has 118 valence electrons. The van der Waals surface area contributed by atoms with Crippen LogP contribution in [-0.4, -0.2) is 37.6 Å². The van der Waals surface area contributed by atoms with Crippen molar-refractivity contribution in [1.29, 1.82) is 0 Å². The highest BCUT2D eigenvalue weighted by Gasteiger charge is 2.38. The van der Waals surface area contributed by atoms with Crippen LogP contribution in [-0.2, 0) is 22.6 Å². The van der Waals surface area contributed by atoms with Crippen molar-refractivity contribution in [2.75, 3.05) is 23.0 Å². The van der Waals surface area contributed by atoms with Crippen molar-refractivity contribution in [3.63, 3.8) is 0 Å². The van der Waals surface area contributed by atoms with Gasteiger partial charge < -0.3 is 10.0 Å². The molecule has 1 saturated heterocycles. The Hall–Kier alpha value is -1.28. The van der Waals surface area contributed by atoms with Crippen molar-refractivity contribution in [3.05, 3.63) is 29.3 Å². The van der Waals surface area contributed by atoms with Gasteiger partial charge in [-0.1, -0.05) is 6.07 Å². The summed E-state index contributed by atoms with van der Waals surface area (Å²) in [6, 6.07) is 3.10. The maximum atomic E-state index is 13.2. The lowest BCUT2D eigenvalue weighted by molar-refractivity contribution is -0.137. The summed E-state index contributed by atoms with van der Waals surface area (Å²) in [5.74, 6) is -0.317. The Labute approximate surface area is 121 Å². The second-order valence-corrected chi connectivity index (χ2v) is 7.39. The van der Waals surface area contributed by atoms with Crippen molar-refractivity contribution in [2.24, 2.45) is 0 Å². The largest absolute Gasteiger partial charge is 0.418 e. The third kappa shape index (κ3) is 3.49. The summed E-state index contributed by atoms with van der Waals surface area (Å²) in [6.07, 6.45) is -4.56. The van der Waals surface area contributed by atoms with E-state index in [4.69, 9.17) is 5.11 Å². The van der Waals surface area contributed by atoms with Crippen molar-refractivity contribution < 1.29 is 26.7 Å². The number of hydrogen-bond acceptors (Lipinski definition) is 4. The summed E-state index contributed by atoms with van der Waals surface area (Å²) < 4.78 is 62.6. The third-order valence-corrected chi connectivity index (χ3v) is 5.32. The average molecular weight is 323 g/mol. The minimum Gasteiger partial charge on any atom is -0.392 e. The van der Waals surface area contributed by atoms with Crippen LogP contribution in [0.5, 0.6) is 0 Å². The number of aliphatic hydroxyl groups is 1. The molecule has 1 fully saturated rings. The van der Waals surface area contributed by atoms with Gasteiger partial charge in [0.15, 0.2) is 9.84 Å². The molecular weight excluding hydrogens is 307 g/mol. The Morgan fingerprint density at radius 1 is 1.38 bits per heavy atom. The van der Waals surface area contributed by atoms with Crippen LogP contribution in [0.4, 0.5) is 18.9 Å². The number of anilines is 1. The fourth-order valence-corrected chi connectivity index (χ4v) is 4.07. The van der Waals surface area contributed by atoms with Crippen LogP contribution < -0.4 is 4.90 Å². The Kier molecular flexibility index (Phi) is 4.21. The molecule has 0 spiro atoms. The van der Waals surface area contributed by atoms with E-state index in [1.165, 1.54) is 17.0 Å². The first-order valence-corrected chi connectivity index (χ1v) is 8.24. The summed E-state index contributed by atoms with van der Waals surface area (Å²) >= 11 is 0. The van der Waals surface area contributed by atoms with Gasteiger partial charge in [-0.15, -0.1) is 0 Å². The Morgan fingerprint density at radius 2 is 2.05 bits per heavy atom. The highest BCUT2D eigenvalue weighted by Crippen LogP contribution is 2.38. The van der Waals surface area contributed by atoms with Gasteiger partial charge in [-0.3, -0.25) is 0 Å². The molecule has 1 aromatic rings. The van der Waals surface area contributed by atoms with E-state index in [0.717, 1.165) is 6.07 Å². The van der Waals surface area contributed by atoms with Gasteiger partial charge in [0.2, 0.25) is 0 Å². The fraction of sp³-hybridized carbons (Fsp3) is 0.538. The number of nitrogens with zero attached hydrogens (tertiary/aromatic N) is 1. The van der Waals surface area contributed by atoms with Crippen LogP contribution in [0.15, 0.2) is 18.2 Å². The first-order valence-electron chi connectivity index (χ1n) is 6.42.